The minimum Gasteiger partial charge on any atom is -0.364 e. The van der Waals surface area contributed by atoms with Crippen LogP contribution in [0, 0.1) is 21.4 Å². The predicted octanol–water partition coefficient (Wildman–Crippen LogP) is 1.84. The molecule has 2 aliphatic rings. The average Bonchev–Trinajstić information content (AvgIpc) is 2.96. The summed E-state index contributed by atoms with van der Waals surface area (Å²) in [4.78, 5) is 12.8. The second-order valence-electron chi connectivity index (χ2n) is 4.66. The molecule has 1 saturated heterocycles. The summed E-state index contributed by atoms with van der Waals surface area (Å²) in [5.41, 5.74) is 2.10. The van der Waals surface area contributed by atoms with E-state index in [2.05, 4.69) is 5.32 Å². The van der Waals surface area contributed by atoms with Gasteiger partial charge < -0.3 is 10.2 Å². The van der Waals surface area contributed by atoms with Crippen molar-refractivity contribution in [1.82, 2.24) is 10.2 Å². The van der Waals surface area contributed by atoms with Gasteiger partial charge in [-0.05, 0) is 11.6 Å². The number of hydrogen-bond donors (Lipinski definition) is 1. The molecule has 0 aromatic heterocycles. The first-order valence-electron chi connectivity index (χ1n) is 6.49. The predicted molar refractivity (Wildman–Crippen MR) is 76.8 cm³/mol. The van der Waals surface area contributed by atoms with Crippen molar-refractivity contribution in [2.75, 3.05) is 13.1 Å². The maximum absolute atomic E-state index is 11.3. The molecule has 104 valence electrons. The fourth-order valence-electron chi connectivity index (χ4n) is 2.60. The zero-order valence-corrected chi connectivity index (χ0v) is 11.1. The largest absolute Gasteiger partial charge is 0.364 e. The van der Waals surface area contributed by atoms with Crippen molar-refractivity contribution in [2.24, 2.45) is 0 Å². The van der Waals surface area contributed by atoms with E-state index < -0.39 is 4.92 Å². The quantitative estimate of drug-likeness (QED) is 0.508. The van der Waals surface area contributed by atoms with Crippen molar-refractivity contribution in [3.8, 4) is 6.07 Å². The molecular formula is C15H12N4O2. The molecule has 3 rings (SSSR count). The minimum absolute atomic E-state index is 0.0475. The summed E-state index contributed by atoms with van der Waals surface area (Å²) >= 11 is 0. The molecule has 0 aliphatic carbocycles. The molecule has 0 radical (unpaired) electrons. The van der Waals surface area contributed by atoms with Gasteiger partial charge in [-0.2, -0.15) is 5.26 Å². The van der Waals surface area contributed by atoms with Gasteiger partial charge in [-0.1, -0.05) is 30.3 Å². The maximum Gasteiger partial charge on any atom is 0.317 e. The number of nitrogens with zero attached hydrogens (tertiary/aromatic N) is 3. The zero-order chi connectivity index (χ0) is 14.8. The van der Waals surface area contributed by atoms with Gasteiger partial charge in [-0.25, -0.2) is 0 Å². The molecule has 6 nitrogen and oxygen atoms in total. The zero-order valence-electron chi connectivity index (χ0n) is 11.1. The van der Waals surface area contributed by atoms with Crippen LogP contribution in [-0.2, 0) is 0 Å². The second-order valence-corrected chi connectivity index (χ2v) is 4.66. The Hall–Kier alpha value is -3.07. The van der Waals surface area contributed by atoms with Gasteiger partial charge in [0.15, 0.2) is 5.82 Å². The summed E-state index contributed by atoms with van der Waals surface area (Å²) in [6, 6.07) is 11.5. The Morgan fingerprint density at radius 1 is 1.38 bits per heavy atom. The highest BCUT2D eigenvalue weighted by Gasteiger charge is 2.36. The molecule has 0 saturated carbocycles. The Morgan fingerprint density at radius 3 is 2.81 bits per heavy atom. The number of nitro groups is 1. The molecule has 0 atom stereocenters. The van der Waals surface area contributed by atoms with E-state index in [-0.39, 0.29) is 5.70 Å². The Labute approximate surface area is 121 Å². The Bertz CT molecular complexity index is 726. The molecule has 2 aliphatic heterocycles. The summed E-state index contributed by atoms with van der Waals surface area (Å²) in [7, 11) is 0. The van der Waals surface area contributed by atoms with E-state index in [0.29, 0.717) is 24.5 Å². The fourth-order valence-corrected chi connectivity index (χ4v) is 2.60. The molecule has 1 fully saturated rings. The van der Waals surface area contributed by atoms with Crippen molar-refractivity contribution >= 4 is 5.70 Å². The van der Waals surface area contributed by atoms with Crippen molar-refractivity contribution < 1.29 is 4.92 Å². The first-order chi connectivity index (χ1) is 10.2. The van der Waals surface area contributed by atoms with E-state index >= 15 is 0 Å². The van der Waals surface area contributed by atoms with Crippen molar-refractivity contribution in [3.63, 3.8) is 0 Å². The SMILES string of the molecule is N#C/C=C1/C=C(c2ccccc2)N2CCNC2=C1[N+](=O)[O-]. The first kappa shape index (κ1) is 12.9. The third kappa shape index (κ3) is 2.15. The summed E-state index contributed by atoms with van der Waals surface area (Å²) in [5.74, 6) is 0.461. The topological polar surface area (TPSA) is 82.2 Å². The van der Waals surface area contributed by atoms with Crippen LogP contribution in [0.1, 0.15) is 5.56 Å². The van der Waals surface area contributed by atoms with Crippen molar-refractivity contribution in [1.29, 1.82) is 5.26 Å². The van der Waals surface area contributed by atoms with Gasteiger partial charge in [-0.15, -0.1) is 0 Å². The first-order valence-corrected chi connectivity index (χ1v) is 6.49. The summed E-state index contributed by atoms with van der Waals surface area (Å²) in [6.07, 6.45) is 2.92. The molecule has 0 amide bonds. The van der Waals surface area contributed by atoms with Crippen LogP contribution >= 0.6 is 0 Å². The Morgan fingerprint density at radius 2 is 2.14 bits per heavy atom. The Kier molecular flexibility index (Phi) is 3.16. The molecule has 0 spiro atoms. The van der Waals surface area contributed by atoms with E-state index in [4.69, 9.17) is 5.26 Å². The molecular weight excluding hydrogens is 268 g/mol. The molecule has 2 heterocycles. The molecule has 0 unspecified atom stereocenters. The van der Waals surface area contributed by atoms with Crippen molar-refractivity contribution in [2.45, 2.75) is 0 Å². The number of nitriles is 1. The van der Waals surface area contributed by atoms with Gasteiger partial charge in [0.05, 0.1) is 22.3 Å². The number of fused-ring (bicyclic) bond motifs is 1. The van der Waals surface area contributed by atoms with Crippen molar-refractivity contribution in [3.05, 3.63) is 75.3 Å². The van der Waals surface area contributed by atoms with Gasteiger partial charge in [0.25, 0.3) is 0 Å². The lowest BCUT2D eigenvalue weighted by molar-refractivity contribution is -0.422. The summed E-state index contributed by atoms with van der Waals surface area (Å²) < 4.78 is 0. The summed E-state index contributed by atoms with van der Waals surface area (Å²) in [6.45, 7) is 1.30. The third-order valence-electron chi connectivity index (χ3n) is 3.45. The highest BCUT2D eigenvalue weighted by molar-refractivity contribution is 5.73. The van der Waals surface area contributed by atoms with Crippen LogP contribution < -0.4 is 5.32 Å². The van der Waals surface area contributed by atoms with Gasteiger partial charge in [0.2, 0.25) is 0 Å². The number of allylic oxidation sites excluding steroid dienone is 2. The van der Waals surface area contributed by atoms with E-state index in [9.17, 15) is 10.1 Å². The minimum atomic E-state index is -0.442. The molecule has 21 heavy (non-hydrogen) atoms. The molecule has 6 heteroatoms. The van der Waals surface area contributed by atoms with Gasteiger partial charge in [-0.3, -0.25) is 10.1 Å². The lowest BCUT2D eigenvalue weighted by Crippen LogP contribution is -2.27. The number of rotatable bonds is 2. The van der Waals surface area contributed by atoms with E-state index in [1.165, 1.54) is 6.08 Å². The van der Waals surface area contributed by atoms with Crippen LogP contribution in [0.4, 0.5) is 0 Å². The van der Waals surface area contributed by atoms with Gasteiger partial charge in [0, 0.05) is 19.2 Å². The van der Waals surface area contributed by atoms with Crippen LogP contribution in [0.3, 0.4) is 0 Å². The van der Waals surface area contributed by atoms with E-state index in [1.807, 2.05) is 41.3 Å². The molecule has 1 aromatic carbocycles. The van der Waals surface area contributed by atoms with Crippen LogP contribution in [-0.4, -0.2) is 22.9 Å². The third-order valence-corrected chi connectivity index (χ3v) is 3.45. The standard InChI is InChI=1S/C15H12N4O2/c16-7-6-12-10-13(11-4-2-1-3-5-11)18-9-8-17-15(18)14(12)19(20)21/h1-6,10,17H,8-9H2/b12-6-. The van der Waals surface area contributed by atoms with E-state index in [1.54, 1.807) is 6.08 Å². The smallest absolute Gasteiger partial charge is 0.317 e. The fraction of sp³-hybridized carbons (Fsp3) is 0.133. The molecule has 1 N–H and O–H groups in total. The normalized spacial score (nSPS) is 18.9. The molecule has 0 bridgehead atoms. The maximum atomic E-state index is 11.3. The number of hydrogen-bond acceptors (Lipinski definition) is 5. The summed E-state index contributed by atoms with van der Waals surface area (Å²) in [5, 5.41) is 23.3. The number of nitrogens with one attached hydrogen (secondary N) is 1. The highest BCUT2D eigenvalue weighted by Crippen LogP contribution is 2.35. The molecule has 1 aromatic rings. The van der Waals surface area contributed by atoms with Crippen LogP contribution in [0.15, 0.2) is 59.6 Å². The van der Waals surface area contributed by atoms with Gasteiger partial charge >= 0.3 is 5.70 Å². The average molecular weight is 280 g/mol. The van der Waals surface area contributed by atoms with Crippen LogP contribution in [0.2, 0.25) is 0 Å². The van der Waals surface area contributed by atoms with E-state index in [0.717, 1.165) is 11.3 Å². The van der Waals surface area contributed by atoms with Crippen LogP contribution in [0.5, 0.6) is 0 Å². The van der Waals surface area contributed by atoms with Crippen LogP contribution in [0.25, 0.3) is 5.70 Å². The van der Waals surface area contributed by atoms with Gasteiger partial charge in [0.1, 0.15) is 0 Å². The second kappa shape index (κ2) is 5.13. The Balaban J connectivity index is 2.17. The highest BCUT2D eigenvalue weighted by atomic mass is 16.6. The lowest BCUT2D eigenvalue weighted by atomic mass is 10.0. The number of benzene rings is 1. The lowest BCUT2D eigenvalue weighted by Gasteiger charge is -2.26. The monoisotopic (exact) mass is 280 g/mol.